The Bertz CT molecular complexity index is 1190. The molecule has 0 amide bonds. The molecule has 0 atom stereocenters. The third-order valence-corrected chi connectivity index (χ3v) is 4.64. The second kappa shape index (κ2) is 7.69. The van der Waals surface area contributed by atoms with Gasteiger partial charge in [0.25, 0.3) is 0 Å². The summed E-state index contributed by atoms with van der Waals surface area (Å²) < 4.78 is 15.4. The summed E-state index contributed by atoms with van der Waals surface area (Å²) in [5, 5.41) is 12.0. The maximum absolute atomic E-state index is 12.2. The number of rotatable bonds is 4. The normalized spacial score (nSPS) is 10.6. The van der Waals surface area contributed by atoms with Gasteiger partial charge in [-0.3, -0.25) is 0 Å². The molecule has 0 unspecified atom stereocenters. The van der Waals surface area contributed by atoms with Gasteiger partial charge in [0.15, 0.2) is 11.5 Å². The topological polar surface area (TPSA) is 125 Å². The van der Waals surface area contributed by atoms with E-state index in [1.807, 2.05) is 24.3 Å². The zero-order valence-electron chi connectivity index (χ0n) is 16.1. The quantitative estimate of drug-likeness (QED) is 0.511. The van der Waals surface area contributed by atoms with Crippen molar-refractivity contribution in [3.05, 3.63) is 48.2 Å². The van der Waals surface area contributed by atoms with Gasteiger partial charge in [-0.15, -0.1) is 0 Å². The predicted molar refractivity (Wildman–Crippen MR) is 109 cm³/mol. The minimum absolute atomic E-state index is 0. The van der Waals surface area contributed by atoms with Crippen LogP contribution in [0.2, 0.25) is 0 Å². The lowest BCUT2D eigenvalue weighted by Gasteiger charge is -2.12. The fraction of sp³-hybridized carbons (Fsp3) is 0.143. The first-order chi connectivity index (χ1) is 13.6. The Kier molecular flexibility index (Phi) is 5.29. The van der Waals surface area contributed by atoms with Crippen molar-refractivity contribution in [3.63, 3.8) is 0 Å². The summed E-state index contributed by atoms with van der Waals surface area (Å²) in [5.41, 5.74) is 2.99. The van der Waals surface area contributed by atoms with E-state index in [0.29, 0.717) is 11.3 Å². The second-order valence-electron chi connectivity index (χ2n) is 6.17. The molecule has 0 radical (unpaired) electrons. The molecule has 2 aromatic carbocycles. The van der Waals surface area contributed by atoms with Gasteiger partial charge in [0.05, 0.1) is 32.5 Å². The van der Waals surface area contributed by atoms with Crippen LogP contribution in [0.3, 0.4) is 0 Å². The van der Waals surface area contributed by atoms with Gasteiger partial charge in [-0.05, 0) is 24.3 Å². The van der Waals surface area contributed by atoms with Gasteiger partial charge in [0, 0.05) is 21.9 Å². The van der Waals surface area contributed by atoms with Crippen molar-refractivity contribution in [2.75, 3.05) is 21.3 Å². The van der Waals surface area contributed by atoms with Crippen molar-refractivity contribution in [2.45, 2.75) is 0 Å². The van der Waals surface area contributed by atoms with Crippen molar-refractivity contribution < 1.29 is 29.6 Å². The summed E-state index contributed by atoms with van der Waals surface area (Å²) in [6.07, 6.45) is 0. The molecule has 0 fully saturated rings. The van der Waals surface area contributed by atoms with Gasteiger partial charge in [-0.2, -0.15) is 0 Å². The van der Waals surface area contributed by atoms with E-state index in [1.54, 1.807) is 18.2 Å². The van der Waals surface area contributed by atoms with Crippen LogP contribution in [0, 0.1) is 0 Å². The number of hydrogen-bond acceptors (Lipinski definition) is 6. The molecule has 8 nitrogen and oxygen atoms in total. The number of phenolic OH excluding ortho intramolecular Hbond substituents is 1. The monoisotopic (exact) mass is 396 g/mol. The van der Waals surface area contributed by atoms with Gasteiger partial charge in [-0.1, -0.05) is 18.2 Å². The minimum atomic E-state index is -0.536. The highest BCUT2D eigenvalue weighted by atomic mass is 16.5. The van der Waals surface area contributed by atoms with Gasteiger partial charge in [0.2, 0.25) is 5.75 Å². The lowest BCUT2D eigenvalue weighted by molar-refractivity contribution is 0.0594. The standard InChI is InChI=1S/C21H18N2O5.H2O/c1-26-16-8-11(9-17(27-2)20(16)24)18-19-13(10-15(23-18)21(25)28-3)12-6-4-5-7-14(12)22-19;/h4-10,22,24H,1-3H3;1H2. The van der Waals surface area contributed by atoms with E-state index < -0.39 is 5.97 Å². The molecule has 4 N–H and O–H groups in total. The van der Waals surface area contributed by atoms with Crippen molar-refractivity contribution in [1.29, 1.82) is 0 Å². The molecule has 0 bridgehead atoms. The van der Waals surface area contributed by atoms with Crippen molar-refractivity contribution in [3.8, 4) is 28.5 Å². The highest BCUT2D eigenvalue weighted by Gasteiger charge is 2.20. The Labute approximate surface area is 166 Å². The first-order valence-electron chi connectivity index (χ1n) is 8.52. The smallest absolute Gasteiger partial charge is 0.356 e. The van der Waals surface area contributed by atoms with Crippen LogP contribution in [-0.4, -0.2) is 47.8 Å². The summed E-state index contributed by atoms with van der Waals surface area (Å²) in [4.78, 5) is 20.1. The predicted octanol–water partition coefficient (Wildman–Crippen LogP) is 3.07. The van der Waals surface area contributed by atoms with E-state index >= 15 is 0 Å². The fourth-order valence-corrected chi connectivity index (χ4v) is 3.29. The number of phenols is 1. The first kappa shape index (κ1) is 20.0. The number of nitrogens with zero attached hydrogens (tertiary/aromatic N) is 1. The number of pyridine rings is 1. The van der Waals surface area contributed by atoms with Crippen molar-refractivity contribution in [2.24, 2.45) is 0 Å². The molecule has 8 heteroatoms. The largest absolute Gasteiger partial charge is 0.502 e. The van der Waals surface area contributed by atoms with Crippen LogP contribution in [0.15, 0.2) is 42.5 Å². The lowest BCUT2D eigenvalue weighted by Crippen LogP contribution is -2.05. The number of benzene rings is 2. The van der Waals surface area contributed by atoms with Crippen LogP contribution < -0.4 is 9.47 Å². The Hall–Kier alpha value is -3.78. The number of aromatic amines is 1. The van der Waals surface area contributed by atoms with Gasteiger partial charge >= 0.3 is 5.97 Å². The third-order valence-electron chi connectivity index (χ3n) is 4.64. The number of esters is 1. The molecule has 0 aliphatic carbocycles. The zero-order chi connectivity index (χ0) is 19.8. The molecule has 0 saturated heterocycles. The summed E-state index contributed by atoms with van der Waals surface area (Å²) >= 11 is 0. The number of methoxy groups -OCH3 is 3. The van der Waals surface area contributed by atoms with Crippen LogP contribution in [0.1, 0.15) is 10.5 Å². The number of fused-ring (bicyclic) bond motifs is 3. The van der Waals surface area contributed by atoms with Crippen molar-refractivity contribution in [1.82, 2.24) is 9.97 Å². The average molecular weight is 396 g/mol. The number of ether oxygens (including phenoxy) is 3. The van der Waals surface area contributed by atoms with Gasteiger partial charge in [-0.25, -0.2) is 9.78 Å². The molecule has 150 valence electrons. The van der Waals surface area contributed by atoms with Crippen LogP contribution in [0.25, 0.3) is 33.1 Å². The Morgan fingerprint density at radius 1 is 1.00 bits per heavy atom. The van der Waals surface area contributed by atoms with Crippen LogP contribution in [0.5, 0.6) is 17.2 Å². The average Bonchev–Trinajstić information content (AvgIpc) is 3.11. The number of aromatic nitrogens is 2. The van der Waals surface area contributed by atoms with Gasteiger partial charge in [0.1, 0.15) is 5.69 Å². The highest BCUT2D eigenvalue weighted by molar-refractivity contribution is 6.12. The van der Waals surface area contributed by atoms with E-state index in [-0.39, 0.29) is 28.4 Å². The van der Waals surface area contributed by atoms with E-state index in [0.717, 1.165) is 21.8 Å². The maximum atomic E-state index is 12.2. The first-order valence-corrected chi connectivity index (χ1v) is 8.52. The SMILES string of the molecule is COC(=O)c1cc2c([nH]c3ccccc32)c(-c2cc(OC)c(O)c(OC)c2)n1.O. The Balaban J connectivity index is 0.00000240. The molecule has 2 aromatic heterocycles. The van der Waals surface area contributed by atoms with Crippen LogP contribution in [-0.2, 0) is 4.74 Å². The van der Waals surface area contributed by atoms with Gasteiger partial charge < -0.3 is 29.8 Å². The van der Waals surface area contributed by atoms with Crippen molar-refractivity contribution >= 4 is 27.8 Å². The van der Waals surface area contributed by atoms with Crippen LogP contribution in [0.4, 0.5) is 0 Å². The summed E-state index contributed by atoms with van der Waals surface area (Å²) in [5.74, 6) is -0.162. The molecule has 4 rings (SSSR count). The molecule has 4 aromatic rings. The fourth-order valence-electron chi connectivity index (χ4n) is 3.29. The van der Waals surface area contributed by atoms with E-state index in [2.05, 4.69) is 9.97 Å². The highest BCUT2D eigenvalue weighted by Crippen LogP contribution is 2.42. The Morgan fingerprint density at radius 2 is 1.66 bits per heavy atom. The summed E-state index contributed by atoms with van der Waals surface area (Å²) in [7, 11) is 4.22. The number of H-pyrrole nitrogens is 1. The molecule has 2 heterocycles. The molecular formula is C21H20N2O6. The van der Waals surface area contributed by atoms with Crippen LogP contribution >= 0.6 is 0 Å². The van der Waals surface area contributed by atoms with E-state index in [1.165, 1.54) is 21.3 Å². The molecule has 0 aliphatic rings. The minimum Gasteiger partial charge on any atom is -0.502 e. The lowest BCUT2D eigenvalue weighted by atomic mass is 10.1. The maximum Gasteiger partial charge on any atom is 0.356 e. The number of carbonyl (C=O) groups excluding carboxylic acids is 1. The second-order valence-corrected chi connectivity index (χ2v) is 6.17. The molecule has 0 aliphatic heterocycles. The summed E-state index contributed by atoms with van der Waals surface area (Å²) in [6.45, 7) is 0. The molecule has 0 saturated carbocycles. The number of para-hydroxylation sites is 1. The number of aromatic hydroxyl groups is 1. The number of carbonyl (C=O) groups is 1. The van der Waals surface area contributed by atoms with E-state index in [4.69, 9.17) is 14.2 Å². The molecule has 0 spiro atoms. The van der Waals surface area contributed by atoms with E-state index in [9.17, 15) is 9.90 Å². The zero-order valence-corrected chi connectivity index (χ0v) is 16.1. The molecule has 29 heavy (non-hydrogen) atoms. The number of nitrogens with one attached hydrogen (secondary N) is 1. The summed E-state index contributed by atoms with van der Waals surface area (Å²) in [6, 6.07) is 12.8. The molecular weight excluding hydrogens is 376 g/mol. The number of hydrogen-bond donors (Lipinski definition) is 2. The third kappa shape index (κ3) is 3.19. The Morgan fingerprint density at radius 3 is 2.28 bits per heavy atom.